The Morgan fingerprint density at radius 1 is 0.903 bits per heavy atom. The van der Waals surface area contributed by atoms with Gasteiger partial charge in [-0.2, -0.15) is 0 Å². The third-order valence-electron chi connectivity index (χ3n) is 9.78. The van der Waals surface area contributed by atoms with E-state index >= 15 is 0 Å². The molecule has 0 aromatic carbocycles. The molecule has 31 heavy (non-hydrogen) atoms. The van der Waals surface area contributed by atoms with Crippen LogP contribution in [0.25, 0.3) is 0 Å². The number of piperazine rings is 1. The second-order valence-corrected chi connectivity index (χ2v) is 12.0. The number of carbonyl (C=O) groups is 1. The number of nitrogens with zero attached hydrogens (tertiary/aromatic N) is 2. The summed E-state index contributed by atoms with van der Waals surface area (Å²) in [7, 11) is 2.24. The fourth-order valence-electron chi connectivity index (χ4n) is 7.86. The Labute approximate surface area is 190 Å². The highest BCUT2D eigenvalue weighted by Gasteiger charge is 2.42. The van der Waals surface area contributed by atoms with Gasteiger partial charge in [-0.05, 0) is 94.4 Å². The molecule has 0 bridgehead atoms. The fourth-order valence-corrected chi connectivity index (χ4v) is 7.86. The molecule has 2 heterocycles. The Balaban J connectivity index is 1.09. The van der Waals surface area contributed by atoms with Gasteiger partial charge in [0.1, 0.15) is 0 Å². The highest BCUT2D eigenvalue weighted by molar-refractivity contribution is 5.82. The lowest BCUT2D eigenvalue weighted by molar-refractivity contribution is -0.124. The Morgan fingerprint density at radius 2 is 1.71 bits per heavy atom. The van der Waals surface area contributed by atoms with Crippen molar-refractivity contribution in [1.82, 2.24) is 20.4 Å². The lowest BCUT2D eigenvalue weighted by atomic mass is 9.66. The van der Waals surface area contributed by atoms with Crippen molar-refractivity contribution in [1.29, 1.82) is 0 Å². The van der Waals surface area contributed by atoms with E-state index in [9.17, 15) is 4.79 Å². The molecule has 0 radical (unpaired) electrons. The van der Waals surface area contributed by atoms with Gasteiger partial charge in [-0.3, -0.25) is 4.79 Å². The molecule has 0 aromatic heterocycles. The van der Waals surface area contributed by atoms with Crippen LogP contribution in [0, 0.1) is 29.6 Å². The minimum atomic E-state index is 0.0598. The number of hydrogen-bond acceptors (Lipinski definition) is 4. The first kappa shape index (κ1) is 22.2. The van der Waals surface area contributed by atoms with Crippen LogP contribution in [0.5, 0.6) is 0 Å². The summed E-state index contributed by atoms with van der Waals surface area (Å²) in [4.78, 5) is 18.3. The van der Waals surface area contributed by atoms with Gasteiger partial charge in [0, 0.05) is 44.8 Å². The third kappa shape index (κ3) is 5.14. The summed E-state index contributed by atoms with van der Waals surface area (Å²) in [5.41, 5.74) is 0. The largest absolute Gasteiger partial charge is 0.352 e. The maximum absolute atomic E-state index is 13.1. The molecule has 8 unspecified atom stereocenters. The Kier molecular flexibility index (Phi) is 6.92. The molecule has 1 amide bonds. The summed E-state index contributed by atoms with van der Waals surface area (Å²) < 4.78 is 0. The van der Waals surface area contributed by atoms with E-state index in [0.717, 1.165) is 36.0 Å². The SMILES string of the molecule is CC1CCCC2CC(C(=O)NC3CCC4CCC(CN5CCN(C)CC5)CC4C3)NC12. The van der Waals surface area contributed by atoms with Crippen molar-refractivity contribution >= 4 is 5.91 Å². The van der Waals surface area contributed by atoms with E-state index in [1.54, 1.807) is 0 Å². The van der Waals surface area contributed by atoms with Crippen molar-refractivity contribution in [2.24, 2.45) is 29.6 Å². The van der Waals surface area contributed by atoms with Crippen LogP contribution in [-0.4, -0.2) is 73.6 Å². The van der Waals surface area contributed by atoms with E-state index in [2.05, 4.69) is 34.4 Å². The predicted octanol–water partition coefficient (Wildman–Crippen LogP) is 3.10. The maximum Gasteiger partial charge on any atom is 0.237 e. The molecule has 2 aliphatic heterocycles. The molecule has 5 aliphatic rings. The molecule has 3 saturated carbocycles. The minimum absolute atomic E-state index is 0.0598. The number of amides is 1. The molecule has 0 aromatic rings. The molecule has 0 spiro atoms. The van der Waals surface area contributed by atoms with Crippen molar-refractivity contribution in [2.45, 2.75) is 89.3 Å². The summed E-state index contributed by atoms with van der Waals surface area (Å²) in [5, 5.41) is 7.23. The number of rotatable bonds is 4. The molecule has 176 valence electrons. The lowest BCUT2D eigenvalue weighted by Gasteiger charge is -2.44. The van der Waals surface area contributed by atoms with E-state index in [1.165, 1.54) is 90.5 Å². The molecule has 8 atom stereocenters. The van der Waals surface area contributed by atoms with Crippen molar-refractivity contribution in [3.63, 3.8) is 0 Å². The first-order valence-electron chi connectivity index (χ1n) is 13.5. The number of likely N-dealkylation sites (N-methyl/N-ethyl adjacent to an activating group) is 1. The van der Waals surface area contributed by atoms with Gasteiger partial charge < -0.3 is 20.4 Å². The zero-order chi connectivity index (χ0) is 21.4. The number of nitrogens with one attached hydrogen (secondary N) is 2. The second-order valence-electron chi connectivity index (χ2n) is 12.0. The fraction of sp³-hybridized carbons (Fsp3) is 0.962. The smallest absolute Gasteiger partial charge is 0.237 e. The highest BCUT2D eigenvalue weighted by Crippen LogP contribution is 2.43. The van der Waals surface area contributed by atoms with Gasteiger partial charge in [0.15, 0.2) is 0 Å². The molecule has 5 fully saturated rings. The van der Waals surface area contributed by atoms with Crippen molar-refractivity contribution in [2.75, 3.05) is 39.8 Å². The Morgan fingerprint density at radius 3 is 2.52 bits per heavy atom. The van der Waals surface area contributed by atoms with E-state index in [4.69, 9.17) is 0 Å². The lowest BCUT2D eigenvalue weighted by Crippen LogP contribution is -2.50. The molecule has 5 rings (SSSR count). The number of carbonyl (C=O) groups excluding carboxylic acids is 1. The van der Waals surface area contributed by atoms with E-state index in [0.29, 0.717) is 18.0 Å². The van der Waals surface area contributed by atoms with Gasteiger partial charge in [0.05, 0.1) is 6.04 Å². The van der Waals surface area contributed by atoms with Crippen LogP contribution < -0.4 is 10.6 Å². The zero-order valence-corrected chi connectivity index (χ0v) is 20.0. The molecule has 5 nitrogen and oxygen atoms in total. The summed E-state index contributed by atoms with van der Waals surface area (Å²) >= 11 is 0. The van der Waals surface area contributed by atoms with Crippen molar-refractivity contribution in [3.8, 4) is 0 Å². The molecule has 3 aliphatic carbocycles. The number of fused-ring (bicyclic) bond motifs is 2. The van der Waals surface area contributed by atoms with Gasteiger partial charge in [0.2, 0.25) is 5.91 Å². The maximum atomic E-state index is 13.1. The zero-order valence-electron chi connectivity index (χ0n) is 20.0. The molecule has 5 heteroatoms. The highest BCUT2D eigenvalue weighted by atomic mass is 16.2. The normalized spacial score (nSPS) is 44.5. The van der Waals surface area contributed by atoms with Crippen LogP contribution in [0.3, 0.4) is 0 Å². The monoisotopic (exact) mass is 430 g/mol. The standard InChI is InChI=1S/C26H46N4O/c1-18-4-3-5-21-16-24(28-25(18)21)26(31)27-23-9-8-20-7-6-19(14-22(20)15-23)17-30-12-10-29(2)11-13-30/h18-25,28H,3-17H2,1-2H3,(H,27,31). The quantitative estimate of drug-likeness (QED) is 0.720. The molecule has 2 N–H and O–H groups in total. The van der Waals surface area contributed by atoms with Gasteiger partial charge in [-0.15, -0.1) is 0 Å². The predicted molar refractivity (Wildman–Crippen MR) is 126 cm³/mol. The van der Waals surface area contributed by atoms with Crippen LogP contribution in [0.2, 0.25) is 0 Å². The Bertz CT molecular complexity index is 619. The van der Waals surface area contributed by atoms with E-state index in [1.807, 2.05) is 0 Å². The second kappa shape index (κ2) is 9.69. The molecular weight excluding hydrogens is 384 g/mol. The van der Waals surface area contributed by atoms with Crippen LogP contribution >= 0.6 is 0 Å². The summed E-state index contributed by atoms with van der Waals surface area (Å²) in [6.45, 7) is 8.61. The van der Waals surface area contributed by atoms with Gasteiger partial charge in [0.25, 0.3) is 0 Å². The van der Waals surface area contributed by atoms with Crippen LogP contribution in [-0.2, 0) is 4.79 Å². The number of hydrogen-bond donors (Lipinski definition) is 2. The van der Waals surface area contributed by atoms with Gasteiger partial charge in [-0.1, -0.05) is 13.3 Å². The van der Waals surface area contributed by atoms with Crippen LogP contribution in [0.15, 0.2) is 0 Å². The van der Waals surface area contributed by atoms with Gasteiger partial charge in [-0.25, -0.2) is 0 Å². The molecule has 2 saturated heterocycles. The topological polar surface area (TPSA) is 47.6 Å². The average molecular weight is 431 g/mol. The van der Waals surface area contributed by atoms with Crippen molar-refractivity contribution in [3.05, 3.63) is 0 Å². The van der Waals surface area contributed by atoms with E-state index < -0.39 is 0 Å². The van der Waals surface area contributed by atoms with Crippen LogP contribution in [0.1, 0.15) is 71.1 Å². The summed E-state index contributed by atoms with van der Waals surface area (Å²) in [6.07, 6.45) is 13.1. The Hall–Kier alpha value is -0.650. The first-order chi connectivity index (χ1) is 15.0. The van der Waals surface area contributed by atoms with Crippen LogP contribution in [0.4, 0.5) is 0 Å². The minimum Gasteiger partial charge on any atom is -0.352 e. The summed E-state index contributed by atoms with van der Waals surface area (Å²) in [6, 6.07) is 1.05. The van der Waals surface area contributed by atoms with E-state index in [-0.39, 0.29) is 6.04 Å². The summed E-state index contributed by atoms with van der Waals surface area (Å²) in [5.74, 6) is 4.39. The van der Waals surface area contributed by atoms with Gasteiger partial charge >= 0.3 is 0 Å². The first-order valence-corrected chi connectivity index (χ1v) is 13.5. The molecular formula is C26H46N4O. The van der Waals surface area contributed by atoms with Crippen molar-refractivity contribution < 1.29 is 4.79 Å². The third-order valence-corrected chi connectivity index (χ3v) is 9.78. The average Bonchev–Trinajstić information content (AvgIpc) is 3.21.